The Hall–Kier alpha value is -3.13. The van der Waals surface area contributed by atoms with Crippen LogP contribution in [0.4, 0.5) is 11.4 Å². The molecule has 2 heteroatoms. The molecule has 0 N–H and O–H groups in total. The summed E-state index contributed by atoms with van der Waals surface area (Å²) in [4.78, 5) is 2.11. The number of benzene rings is 3. The largest absolute Gasteiger partial charge is 0.378 e. The normalized spacial score (nSPS) is 15.6. The summed E-state index contributed by atoms with van der Waals surface area (Å²) in [6.07, 6.45) is 8.69. The number of allylic oxidation sites excluding steroid dienone is 3. The Morgan fingerprint density at radius 1 is 0.828 bits per heavy atom. The van der Waals surface area contributed by atoms with E-state index in [4.69, 9.17) is 0 Å². The number of nitrogens with zero attached hydrogens (tertiary/aromatic N) is 2. The highest BCUT2D eigenvalue weighted by Crippen LogP contribution is 2.43. The summed E-state index contributed by atoms with van der Waals surface area (Å²) in [6.45, 7) is 4.65. The Labute approximate surface area is 174 Å². The maximum absolute atomic E-state index is 2.33. The van der Waals surface area contributed by atoms with Gasteiger partial charge in [0.1, 0.15) is 7.05 Å². The fraction of sp³-hybridized carbons (Fsp3) is 0.222. The molecule has 1 aliphatic heterocycles. The Morgan fingerprint density at radius 3 is 2.24 bits per heavy atom. The van der Waals surface area contributed by atoms with Gasteiger partial charge in [-0.1, -0.05) is 54.6 Å². The van der Waals surface area contributed by atoms with Crippen molar-refractivity contribution >= 4 is 33.9 Å². The van der Waals surface area contributed by atoms with Gasteiger partial charge in [0.2, 0.25) is 5.69 Å². The van der Waals surface area contributed by atoms with Gasteiger partial charge < -0.3 is 4.90 Å². The van der Waals surface area contributed by atoms with Gasteiger partial charge in [0.15, 0.2) is 5.71 Å². The SMILES string of the molecule is CN(C)c1ccc(/C=C/C=C/C2=[N+](C)c3ccc4ccccc4c3C2(C)C)cc1. The lowest BCUT2D eigenvalue weighted by molar-refractivity contribution is -0.401. The van der Waals surface area contributed by atoms with Crippen molar-refractivity contribution in [2.24, 2.45) is 0 Å². The van der Waals surface area contributed by atoms with E-state index in [2.05, 4.69) is 129 Å². The van der Waals surface area contributed by atoms with Gasteiger partial charge in [0.25, 0.3) is 0 Å². The van der Waals surface area contributed by atoms with Crippen molar-refractivity contribution < 1.29 is 4.58 Å². The van der Waals surface area contributed by atoms with E-state index in [1.807, 2.05) is 0 Å². The molecule has 0 bridgehead atoms. The van der Waals surface area contributed by atoms with Gasteiger partial charge in [0, 0.05) is 37.5 Å². The van der Waals surface area contributed by atoms with E-state index < -0.39 is 0 Å². The summed E-state index contributed by atoms with van der Waals surface area (Å²) < 4.78 is 2.33. The molecular formula is C27H29N2+. The lowest BCUT2D eigenvalue weighted by Crippen LogP contribution is -2.26. The molecule has 0 fully saturated rings. The van der Waals surface area contributed by atoms with Crippen LogP contribution >= 0.6 is 0 Å². The third-order valence-corrected chi connectivity index (χ3v) is 5.96. The minimum Gasteiger partial charge on any atom is -0.378 e. The number of hydrogen-bond donors (Lipinski definition) is 0. The maximum Gasteiger partial charge on any atom is 0.210 e. The fourth-order valence-electron chi connectivity index (χ4n) is 4.39. The van der Waals surface area contributed by atoms with Crippen LogP contribution in [0.2, 0.25) is 0 Å². The van der Waals surface area contributed by atoms with Crippen LogP contribution in [0.25, 0.3) is 16.8 Å². The molecule has 0 spiro atoms. The second-order valence-electron chi connectivity index (χ2n) is 8.45. The molecule has 3 aromatic carbocycles. The monoisotopic (exact) mass is 381 g/mol. The van der Waals surface area contributed by atoms with E-state index in [0.29, 0.717) is 0 Å². The molecule has 146 valence electrons. The van der Waals surface area contributed by atoms with Crippen LogP contribution in [-0.4, -0.2) is 31.4 Å². The van der Waals surface area contributed by atoms with Crippen LogP contribution in [-0.2, 0) is 5.41 Å². The maximum atomic E-state index is 2.33. The van der Waals surface area contributed by atoms with Gasteiger partial charge in [0.05, 0.1) is 5.41 Å². The van der Waals surface area contributed by atoms with Gasteiger partial charge in [-0.15, -0.1) is 0 Å². The van der Waals surface area contributed by atoms with Crippen molar-refractivity contribution in [2.75, 3.05) is 26.0 Å². The fourth-order valence-corrected chi connectivity index (χ4v) is 4.39. The molecule has 0 aromatic heterocycles. The molecule has 0 saturated heterocycles. The molecule has 0 amide bonds. The summed E-state index contributed by atoms with van der Waals surface area (Å²) in [7, 11) is 6.30. The predicted octanol–water partition coefficient (Wildman–Crippen LogP) is 6.18. The van der Waals surface area contributed by atoms with Crippen LogP contribution < -0.4 is 4.90 Å². The third kappa shape index (κ3) is 3.40. The minimum atomic E-state index is -0.0390. The third-order valence-electron chi connectivity index (χ3n) is 5.96. The van der Waals surface area contributed by atoms with E-state index in [1.165, 1.54) is 39.0 Å². The first-order valence-electron chi connectivity index (χ1n) is 10.1. The first-order valence-corrected chi connectivity index (χ1v) is 10.1. The van der Waals surface area contributed by atoms with Crippen molar-refractivity contribution in [1.29, 1.82) is 0 Å². The molecule has 1 aliphatic rings. The number of anilines is 1. The van der Waals surface area contributed by atoms with Crippen LogP contribution in [0.15, 0.2) is 78.9 Å². The van der Waals surface area contributed by atoms with Crippen molar-refractivity contribution in [3.05, 3.63) is 90.0 Å². The standard InChI is InChI=1S/C27H29N2/c1-27(2)25(13-9-6-10-20-14-17-22(18-15-20)28(3)4)29(5)24-19-16-21-11-7-8-12-23(21)26(24)27/h6-19H,1-5H3/q+1. The van der Waals surface area contributed by atoms with E-state index in [-0.39, 0.29) is 5.41 Å². The minimum absolute atomic E-state index is 0.0390. The Bertz CT molecular complexity index is 1140. The summed E-state index contributed by atoms with van der Waals surface area (Å²) in [5.74, 6) is 0. The quantitative estimate of drug-likeness (QED) is 0.386. The van der Waals surface area contributed by atoms with Crippen molar-refractivity contribution in [1.82, 2.24) is 0 Å². The van der Waals surface area contributed by atoms with Gasteiger partial charge in [-0.3, -0.25) is 0 Å². The number of hydrogen-bond acceptors (Lipinski definition) is 1. The summed E-state index contributed by atoms with van der Waals surface area (Å²) in [6, 6.07) is 21.8. The van der Waals surface area contributed by atoms with Crippen LogP contribution in [0.3, 0.4) is 0 Å². The molecule has 3 aromatic rings. The molecular weight excluding hydrogens is 352 g/mol. The second-order valence-corrected chi connectivity index (χ2v) is 8.45. The van der Waals surface area contributed by atoms with Crippen molar-refractivity contribution in [3.63, 3.8) is 0 Å². The number of rotatable bonds is 4. The van der Waals surface area contributed by atoms with Gasteiger partial charge in [-0.2, -0.15) is 4.58 Å². The highest BCUT2D eigenvalue weighted by Gasteiger charge is 2.43. The molecule has 0 aliphatic carbocycles. The van der Waals surface area contributed by atoms with Crippen LogP contribution in [0.1, 0.15) is 25.0 Å². The lowest BCUT2D eigenvalue weighted by atomic mass is 9.79. The molecule has 2 nitrogen and oxygen atoms in total. The average molecular weight is 382 g/mol. The second kappa shape index (κ2) is 7.36. The van der Waals surface area contributed by atoms with Gasteiger partial charge in [-0.25, -0.2) is 0 Å². The molecule has 1 heterocycles. The van der Waals surface area contributed by atoms with E-state index in [0.717, 1.165) is 0 Å². The van der Waals surface area contributed by atoms with E-state index in [9.17, 15) is 0 Å². The van der Waals surface area contributed by atoms with Crippen LogP contribution in [0, 0.1) is 0 Å². The summed E-state index contributed by atoms with van der Waals surface area (Å²) >= 11 is 0. The summed E-state index contributed by atoms with van der Waals surface area (Å²) in [5.41, 5.74) is 6.42. The first kappa shape index (κ1) is 19.2. The molecule has 0 unspecified atom stereocenters. The zero-order valence-corrected chi connectivity index (χ0v) is 18.0. The van der Waals surface area contributed by atoms with Crippen molar-refractivity contribution in [2.45, 2.75) is 19.3 Å². The molecule has 0 saturated carbocycles. The van der Waals surface area contributed by atoms with E-state index >= 15 is 0 Å². The van der Waals surface area contributed by atoms with E-state index in [1.54, 1.807) is 0 Å². The number of fused-ring (bicyclic) bond motifs is 3. The smallest absolute Gasteiger partial charge is 0.210 e. The van der Waals surface area contributed by atoms with Crippen molar-refractivity contribution in [3.8, 4) is 0 Å². The lowest BCUT2D eigenvalue weighted by Gasteiger charge is -2.17. The molecule has 0 radical (unpaired) electrons. The topological polar surface area (TPSA) is 6.25 Å². The van der Waals surface area contributed by atoms with Crippen LogP contribution in [0.5, 0.6) is 0 Å². The van der Waals surface area contributed by atoms with Gasteiger partial charge >= 0.3 is 0 Å². The van der Waals surface area contributed by atoms with Gasteiger partial charge in [-0.05, 0) is 48.4 Å². The molecule has 29 heavy (non-hydrogen) atoms. The highest BCUT2D eigenvalue weighted by atomic mass is 15.1. The Kier molecular flexibility index (Phi) is 4.87. The predicted molar refractivity (Wildman–Crippen MR) is 127 cm³/mol. The zero-order chi connectivity index (χ0) is 20.6. The average Bonchev–Trinajstić information content (AvgIpc) is 2.91. The zero-order valence-electron chi connectivity index (χ0n) is 18.0. The Morgan fingerprint density at radius 2 is 1.52 bits per heavy atom. The summed E-state index contributed by atoms with van der Waals surface area (Å²) in [5, 5.41) is 2.65. The first-order chi connectivity index (χ1) is 13.9. The Balaban J connectivity index is 1.61. The molecule has 4 rings (SSSR count). The molecule has 0 atom stereocenters. The highest BCUT2D eigenvalue weighted by molar-refractivity contribution is 6.07.